The molecule has 1 saturated heterocycles. The van der Waals surface area contributed by atoms with Crippen molar-refractivity contribution in [2.75, 3.05) is 61.2 Å². The number of rotatable bonds is 8. The molecular formula is C26H35N3O4. The number of ether oxygens (including phenoxy) is 3. The molecule has 0 aliphatic carbocycles. The molecule has 33 heavy (non-hydrogen) atoms. The summed E-state index contributed by atoms with van der Waals surface area (Å²) in [5.74, 6) is 1.33. The normalized spacial score (nSPS) is 18.0. The largest absolute Gasteiger partial charge is 0.492 e. The van der Waals surface area contributed by atoms with Crippen LogP contribution in [0.4, 0.5) is 17.1 Å². The first kappa shape index (κ1) is 23.2. The monoisotopic (exact) mass is 453 g/mol. The second-order valence-corrected chi connectivity index (χ2v) is 8.47. The number of morpholine rings is 1. The molecule has 7 heteroatoms. The molecule has 178 valence electrons. The number of nitrogens with one attached hydrogen (secondary N) is 1. The van der Waals surface area contributed by atoms with Gasteiger partial charge in [0, 0.05) is 37.0 Å². The van der Waals surface area contributed by atoms with Crippen LogP contribution in [0.25, 0.3) is 0 Å². The lowest BCUT2D eigenvalue weighted by Crippen LogP contribution is -2.42. The minimum atomic E-state index is -0.0684. The highest BCUT2D eigenvalue weighted by Gasteiger charge is 2.26. The van der Waals surface area contributed by atoms with E-state index in [1.165, 1.54) is 5.56 Å². The van der Waals surface area contributed by atoms with Gasteiger partial charge in [0.05, 0.1) is 44.3 Å². The first-order valence-corrected chi connectivity index (χ1v) is 12.0. The minimum absolute atomic E-state index is 0.0684. The van der Waals surface area contributed by atoms with Crippen molar-refractivity contribution < 1.29 is 19.0 Å². The van der Waals surface area contributed by atoms with Crippen molar-refractivity contribution in [1.82, 2.24) is 0 Å². The Morgan fingerprint density at radius 1 is 1.06 bits per heavy atom. The summed E-state index contributed by atoms with van der Waals surface area (Å²) in [6.07, 6.45) is 2.09. The maximum Gasteiger partial charge on any atom is 0.244 e. The number of anilines is 3. The van der Waals surface area contributed by atoms with Crippen molar-refractivity contribution in [2.45, 2.75) is 39.7 Å². The molecule has 2 aliphatic heterocycles. The molecule has 0 spiro atoms. The van der Waals surface area contributed by atoms with Crippen molar-refractivity contribution in [1.29, 1.82) is 0 Å². The molecule has 2 aliphatic rings. The van der Waals surface area contributed by atoms with Crippen LogP contribution in [0.15, 0.2) is 36.4 Å². The maximum atomic E-state index is 13.2. The fourth-order valence-corrected chi connectivity index (χ4v) is 4.59. The molecule has 1 atom stereocenters. The van der Waals surface area contributed by atoms with E-state index in [2.05, 4.69) is 40.2 Å². The SMILES string of the molecule is CCOc1cc(N2CCOCC2)c(OCC)cc1NC(=O)CN1c2ccccc2CC[C@H]1C. The van der Waals surface area contributed by atoms with E-state index in [-0.39, 0.29) is 5.91 Å². The highest BCUT2D eigenvalue weighted by atomic mass is 16.5. The van der Waals surface area contributed by atoms with Crippen LogP contribution in [-0.4, -0.2) is 58.0 Å². The zero-order valence-corrected chi connectivity index (χ0v) is 19.9. The van der Waals surface area contributed by atoms with E-state index in [9.17, 15) is 4.79 Å². The van der Waals surface area contributed by atoms with Crippen LogP contribution >= 0.6 is 0 Å². The molecule has 1 amide bonds. The number of nitrogens with zero attached hydrogens (tertiary/aromatic N) is 2. The lowest BCUT2D eigenvalue weighted by atomic mass is 9.96. The van der Waals surface area contributed by atoms with Crippen LogP contribution in [0.1, 0.15) is 32.8 Å². The van der Waals surface area contributed by atoms with E-state index >= 15 is 0 Å². The van der Waals surface area contributed by atoms with Crippen molar-refractivity contribution in [3.05, 3.63) is 42.0 Å². The van der Waals surface area contributed by atoms with Gasteiger partial charge in [0.15, 0.2) is 0 Å². The van der Waals surface area contributed by atoms with Crippen molar-refractivity contribution in [2.24, 2.45) is 0 Å². The molecule has 0 radical (unpaired) electrons. The fraction of sp³-hybridized carbons (Fsp3) is 0.500. The molecule has 1 fully saturated rings. The van der Waals surface area contributed by atoms with Gasteiger partial charge in [0.1, 0.15) is 11.5 Å². The summed E-state index contributed by atoms with van der Waals surface area (Å²) < 4.78 is 17.4. The summed E-state index contributed by atoms with van der Waals surface area (Å²) in [7, 11) is 0. The van der Waals surface area contributed by atoms with Gasteiger partial charge in [-0.2, -0.15) is 0 Å². The Bertz CT molecular complexity index is 959. The Kier molecular flexibility index (Phi) is 7.60. The third kappa shape index (κ3) is 5.36. The maximum absolute atomic E-state index is 13.2. The quantitative estimate of drug-likeness (QED) is 0.649. The molecule has 0 unspecified atom stereocenters. The Labute approximate surface area is 196 Å². The standard InChI is InChI=1S/C26H35N3O4/c1-4-32-24-17-23(28-12-14-31-15-13-28)25(33-5-2)16-21(24)27-26(30)18-29-19(3)10-11-20-8-6-7-9-22(20)29/h6-9,16-17,19H,4-5,10-15,18H2,1-3H3,(H,27,30)/t19-/m1/s1. The Hall–Kier alpha value is -2.93. The summed E-state index contributed by atoms with van der Waals surface area (Å²) in [6, 6.07) is 12.5. The zero-order valence-electron chi connectivity index (χ0n) is 19.9. The Balaban J connectivity index is 1.57. The predicted molar refractivity (Wildman–Crippen MR) is 132 cm³/mol. The number of aryl methyl sites for hydroxylation is 1. The van der Waals surface area contributed by atoms with E-state index in [0.29, 0.717) is 50.5 Å². The number of fused-ring (bicyclic) bond motifs is 1. The highest BCUT2D eigenvalue weighted by Crippen LogP contribution is 2.39. The van der Waals surface area contributed by atoms with Crippen molar-refractivity contribution in [3.8, 4) is 11.5 Å². The van der Waals surface area contributed by atoms with Crippen LogP contribution in [-0.2, 0) is 16.0 Å². The smallest absolute Gasteiger partial charge is 0.244 e. The fourth-order valence-electron chi connectivity index (χ4n) is 4.59. The zero-order chi connectivity index (χ0) is 23.2. The molecule has 7 nitrogen and oxygen atoms in total. The first-order chi connectivity index (χ1) is 16.1. The van der Waals surface area contributed by atoms with Gasteiger partial charge in [0.25, 0.3) is 0 Å². The lowest BCUT2D eigenvalue weighted by Gasteiger charge is -2.36. The molecule has 0 bridgehead atoms. The Morgan fingerprint density at radius 3 is 2.55 bits per heavy atom. The van der Waals surface area contributed by atoms with Crippen LogP contribution in [0.2, 0.25) is 0 Å². The molecule has 2 aromatic carbocycles. The summed E-state index contributed by atoms with van der Waals surface area (Å²) in [4.78, 5) is 17.6. The lowest BCUT2D eigenvalue weighted by molar-refractivity contribution is -0.115. The molecule has 4 rings (SSSR count). The number of para-hydroxylation sites is 1. The number of benzene rings is 2. The molecule has 0 saturated carbocycles. The predicted octanol–water partition coefficient (Wildman–Crippen LogP) is 4.10. The van der Waals surface area contributed by atoms with Gasteiger partial charge >= 0.3 is 0 Å². The van der Waals surface area contributed by atoms with Gasteiger partial charge in [-0.3, -0.25) is 4.79 Å². The average molecular weight is 454 g/mol. The number of amides is 1. The van der Waals surface area contributed by atoms with Gasteiger partial charge < -0.3 is 29.3 Å². The van der Waals surface area contributed by atoms with Crippen LogP contribution in [0.3, 0.4) is 0 Å². The molecular weight excluding hydrogens is 418 g/mol. The molecule has 0 aromatic heterocycles. The van der Waals surface area contributed by atoms with Crippen molar-refractivity contribution >= 4 is 23.0 Å². The minimum Gasteiger partial charge on any atom is -0.492 e. The number of hydrogen-bond donors (Lipinski definition) is 1. The number of carbonyl (C=O) groups excluding carboxylic acids is 1. The third-order valence-corrected chi connectivity index (χ3v) is 6.27. The second kappa shape index (κ2) is 10.8. The number of carbonyl (C=O) groups is 1. The first-order valence-electron chi connectivity index (χ1n) is 12.0. The Morgan fingerprint density at radius 2 is 1.79 bits per heavy atom. The van der Waals surface area contributed by atoms with Crippen molar-refractivity contribution in [3.63, 3.8) is 0 Å². The summed E-state index contributed by atoms with van der Waals surface area (Å²) in [5, 5.41) is 3.09. The van der Waals surface area contributed by atoms with Crippen LogP contribution in [0.5, 0.6) is 11.5 Å². The van der Waals surface area contributed by atoms with E-state index in [0.717, 1.165) is 43.1 Å². The molecule has 2 heterocycles. The van der Waals surface area contributed by atoms with E-state index in [1.54, 1.807) is 0 Å². The van der Waals surface area contributed by atoms with Gasteiger partial charge in [-0.25, -0.2) is 0 Å². The van der Waals surface area contributed by atoms with Gasteiger partial charge in [-0.05, 0) is 45.2 Å². The van der Waals surface area contributed by atoms with Gasteiger partial charge in [-0.1, -0.05) is 18.2 Å². The summed E-state index contributed by atoms with van der Waals surface area (Å²) in [6.45, 7) is 10.4. The topological polar surface area (TPSA) is 63.3 Å². The molecule has 1 N–H and O–H groups in total. The van der Waals surface area contributed by atoms with Gasteiger partial charge in [-0.15, -0.1) is 0 Å². The highest BCUT2D eigenvalue weighted by molar-refractivity contribution is 5.96. The second-order valence-electron chi connectivity index (χ2n) is 8.47. The summed E-state index contributed by atoms with van der Waals surface area (Å²) >= 11 is 0. The number of hydrogen-bond acceptors (Lipinski definition) is 6. The van der Waals surface area contributed by atoms with E-state index < -0.39 is 0 Å². The van der Waals surface area contributed by atoms with Gasteiger partial charge in [0.2, 0.25) is 5.91 Å². The van der Waals surface area contributed by atoms with E-state index in [1.807, 2.05) is 32.0 Å². The average Bonchev–Trinajstić information content (AvgIpc) is 2.83. The van der Waals surface area contributed by atoms with Crippen LogP contribution < -0.4 is 24.6 Å². The van der Waals surface area contributed by atoms with E-state index in [4.69, 9.17) is 14.2 Å². The summed E-state index contributed by atoms with van der Waals surface area (Å²) in [5.41, 5.74) is 4.06. The van der Waals surface area contributed by atoms with Crippen LogP contribution in [0, 0.1) is 0 Å². The molecule has 2 aromatic rings. The third-order valence-electron chi connectivity index (χ3n) is 6.27.